The van der Waals surface area contributed by atoms with Crippen molar-refractivity contribution >= 4 is 23.8 Å². The smallest absolute Gasteiger partial charge is 0.317 e. The van der Waals surface area contributed by atoms with Crippen molar-refractivity contribution in [1.29, 1.82) is 0 Å². The molecule has 1 saturated heterocycles. The van der Waals surface area contributed by atoms with Gasteiger partial charge in [0.15, 0.2) is 0 Å². The zero-order chi connectivity index (χ0) is 27.1. The first kappa shape index (κ1) is 31.7. The van der Waals surface area contributed by atoms with Crippen molar-refractivity contribution in [3.8, 4) is 0 Å². The Hall–Kier alpha value is -2.32. The average molecular weight is 518 g/mol. The number of carboxylic acids is 3. The second-order valence-electron chi connectivity index (χ2n) is 9.58. The van der Waals surface area contributed by atoms with Crippen LogP contribution in [0.1, 0.15) is 27.2 Å². The molecule has 13 nitrogen and oxygen atoms in total. The van der Waals surface area contributed by atoms with Crippen molar-refractivity contribution < 1.29 is 39.2 Å². The Kier molecular flexibility index (Phi) is 14.5. The molecule has 1 aliphatic rings. The van der Waals surface area contributed by atoms with Gasteiger partial charge >= 0.3 is 17.9 Å². The van der Waals surface area contributed by atoms with E-state index in [1.54, 1.807) is 14.7 Å². The molecule has 4 N–H and O–H groups in total. The summed E-state index contributed by atoms with van der Waals surface area (Å²) in [5.41, 5.74) is -0.349. The Morgan fingerprint density at radius 3 is 1.33 bits per heavy atom. The molecule has 1 fully saturated rings. The summed E-state index contributed by atoms with van der Waals surface area (Å²) in [5.74, 6) is -3.14. The van der Waals surface area contributed by atoms with Crippen LogP contribution in [0, 0.1) is 0 Å². The first-order chi connectivity index (χ1) is 16.9. The fourth-order valence-electron chi connectivity index (χ4n) is 4.01. The van der Waals surface area contributed by atoms with Crippen molar-refractivity contribution in [3.05, 3.63) is 0 Å². The second-order valence-corrected chi connectivity index (χ2v) is 9.58. The van der Waals surface area contributed by atoms with Gasteiger partial charge in [-0.05, 0) is 27.2 Å². The number of amides is 1. The normalized spacial score (nSPS) is 18.2. The van der Waals surface area contributed by atoms with Crippen molar-refractivity contribution in [2.75, 3.05) is 91.7 Å². The van der Waals surface area contributed by atoms with Crippen LogP contribution in [-0.4, -0.2) is 156 Å². The highest BCUT2D eigenvalue weighted by Gasteiger charge is 2.22. The van der Waals surface area contributed by atoms with Crippen LogP contribution in [0.25, 0.3) is 0 Å². The van der Waals surface area contributed by atoms with Gasteiger partial charge in [0.2, 0.25) is 5.91 Å². The minimum atomic E-state index is -1.00. The predicted molar refractivity (Wildman–Crippen MR) is 132 cm³/mol. The molecule has 13 heteroatoms. The Morgan fingerprint density at radius 1 is 0.694 bits per heavy atom. The van der Waals surface area contributed by atoms with E-state index in [2.05, 4.69) is 5.32 Å². The van der Waals surface area contributed by atoms with E-state index in [-0.39, 0.29) is 37.7 Å². The molecule has 0 aliphatic carbocycles. The molecule has 0 unspecified atom stereocenters. The summed E-state index contributed by atoms with van der Waals surface area (Å²) in [5, 5.41) is 30.7. The molecule has 1 aliphatic heterocycles. The van der Waals surface area contributed by atoms with Gasteiger partial charge < -0.3 is 25.4 Å². The molecule has 0 aromatic rings. The van der Waals surface area contributed by atoms with E-state index in [0.29, 0.717) is 71.9 Å². The average Bonchev–Trinajstić information content (AvgIpc) is 2.74. The SMILES string of the molecule is CCOC(C)(C)CCNC(=O)CN1CCN(CC(=O)O)CCN(CC(=O)O)CCN(CC(=O)O)CC1. The summed E-state index contributed by atoms with van der Waals surface area (Å²) in [4.78, 5) is 53.6. The van der Waals surface area contributed by atoms with Gasteiger partial charge in [0.1, 0.15) is 0 Å². The van der Waals surface area contributed by atoms with Gasteiger partial charge in [-0.3, -0.25) is 38.8 Å². The van der Waals surface area contributed by atoms with E-state index >= 15 is 0 Å². The molecule has 0 radical (unpaired) electrons. The van der Waals surface area contributed by atoms with Gasteiger partial charge in [0.05, 0.1) is 31.8 Å². The maximum Gasteiger partial charge on any atom is 0.317 e. The second kappa shape index (κ2) is 16.4. The van der Waals surface area contributed by atoms with Crippen LogP contribution < -0.4 is 5.32 Å². The van der Waals surface area contributed by atoms with Crippen molar-refractivity contribution in [1.82, 2.24) is 24.9 Å². The van der Waals surface area contributed by atoms with Crippen LogP contribution in [0.15, 0.2) is 0 Å². The van der Waals surface area contributed by atoms with Gasteiger partial charge in [0, 0.05) is 65.5 Å². The number of aliphatic carboxylic acids is 3. The van der Waals surface area contributed by atoms with E-state index in [9.17, 15) is 34.5 Å². The van der Waals surface area contributed by atoms with Gasteiger partial charge in [0.25, 0.3) is 0 Å². The molecule has 0 aromatic carbocycles. The summed E-state index contributed by atoms with van der Waals surface area (Å²) in [6, 6.07) is 0. The Morgan fingerprint density at radius 2 is 1.03 bits per heavy atom. The fraction of sp³-hybridized carbons (Fsp3) is 0.826. The number of carboxylic acid groups (broad SMARTS) is 3. The number of nitrogens with zero attached hydrogens (tertiary/aromatic N) is 4. The van der Waals surface area contributed by atoms with Crippen molar-refractivity contribution in [2.24, 2.45) is 0 Å². The van der Waals surface area contributed by atoms with Crippen LogP contribution >= 0.6 is 0 Å². The summed E-state index contributed by atoms with van der Waals surface area (Å²) in [6.45, 7) is 9.27. The number of hydrogen-bond donors (Lipinski definition) is 4. The molecule has 1 rings (SSSR count). The molecular formula is C23H43N5O8. The minimum Gasteiger partial charge on any atom is -0.480 e. The highest BCUT2D eigenvalue weighted by Crippen LogP contribution is 2.12. The van der Waals surface area contributed by atoms with Crippen LogP contribution in [0.4, 0.5) is 0 Å². The summed E-state index contributed by atoms with van der Waals surface area (Å²) < 4.78 is 5.65. The van der Waals surface area contributed by atoms with E-state index in [1.807, 2.05) is 25.7 Å². The Balaban J connectivity index is 2.86. The van der Waals surface area contributed by atoms with Gasteiger partial charge in [-0.2, -0.15) is 0 Å². The van der Waals surface area contributed by atoms with Crippen LogP contribution in [0.5, 0.6) is 0 Å². The quantitative estimate of drug-likeness (QED) is 0.231. The summed E-state index contributed by atoms with van der Waals surface area (Å²) >= 11 is 0. The Bertz CT molecular complexity index is 689. The van der Waals surface area contributed by atoms with E-state index in [0.717, 1.165) is 0 Å². The van der Waals surface area contributed by atoms with E-state index in [4.69, 9.17) is 4.74 Å². The zero-order valence-corrected chi connectivity index (χ0v) is 21.8. The molecule has 0 spiro atoms. The van der Waals surface area contributed by atoms with Crippen LogP contribution in [0.3, 0.4) is 0 Å². The lowest BCUT2D eigenvalue weighted by molar-refractivity contribution is -0.140. The third kappa shape index (κ3) is 14.9. The van der Waals surface area contributed by atoms with Crippen LogP contribution in [-0.2, 0) is 23.9 Å². The largest absolute Gasteiger partial charge is 0.480 e. The number of rotatable bonds is 13. The Labute approximate surface area is 212 Å². The molecule has 36 heavy (non-hydrogen) atoms. The lowest BCUT2D eigenvalue weighted by Gasteiger charge is -2.33. The number of nitrogens with one attached hydrogen (secondary N) is 1. The molecule has 208 valence electrons. The predicted octanol–water partition coefficient (Wildman–Crippen LogP) is -1.22. The molecular weight excluding hydrogens is 474 g/mol. The molecule has 0 atom stereocenters. The molecule has 0 aromatic heterocycles. The molecule has 0 bridgehead atoms. The minimum absolute atomic E-state index is 0.0992. The third-order valence-corrected chi connectivity index (χ3v) is 5.96. The number of ether oxygens (including phenoxy) is 1. The highest BCUT2D eigenvalue weighted by atomic mass is 16.5. The standard InChI is InChI=1S/C23H43N5O8/c1-4-36-23(2,3)5-6-24-19(29)15-25-7-9-26(16-20(30)31)11-13-28(18-22(34)35)14-12-27(10-8-25)17-21(32)33/h4-18H2,1-3H3,(H,24,29)(H,30,31)(H,32,33)(H,34,35). The van der Waals surface area contributed by atoms with E-state index < -0.39 is 17.9 Å². The third-order valence-electron chi connectivity index (χ3n) is 5.96. The number of carbonyl (C=O) groups is 4. The summed E-state index contributed by atoms with van der Waals surface area (Å²) in [6.07, 6.45) is 0.651. The van der Waals surface area contributed by atoms with Gasteiger partial charge in [-0.15, -0.1) is 0 Å². The van der Waals surface area contributed by atoms with Crippen LogP contribution in [0.2, 0.25) is 0 Å². The summed E-state index contributed by atoms with van der Waals surface area (Å²) in [7, 11) is 0. The van der Waals surface area contributed by atoms with Crippen molar-refractivity contribution in [2.45, 2.75) is 32.8 Å². The van der Waals surface area contributed by atoms with Gasteiger partial charge in [-0.1, -0.05) is 0 Å². The zero-order valence-electron chi connectivity index (χ0n) is 21.8. The lowest BCUT2D eigenvalue weighted by Crippen LogP contribution is -2.50. The lowest BCUT2D eigenvalue weighted by atomic mass is 10.1. The maximum absolute atomic E-state index is 12.6. The maximum atomic E-state index is 12.6. The fourth-order valence-corrected chi connectivity index (χ4v) is 4.01. The monoisotopic (exact) mass is 517 g/mol. The van der Waals surface area contributed by atoms with Gasteiger partial charge in [-0.25, -0.2) is 0 Å². The molecule has 0 saturated carbocycles. The molecule has 1 amide bonds. The highest BCUT2D eigenvalue weighted by molar-refractivity contribution is 5.78. The first-order valence-corrected chi connectivity index (χ1v) is 12.4. The first-order valence-electron chi connectivity index (χ1n) is 12.4. The molecule has 1 heterocycles. The topological polar surface area (TPSA) is 163 Å². The van der Waals surface area contributed by atoms with Crippen molar-refractivity contribution in [3.63, 3.8) is 0 Å². The van der Waals surface area contributed by atoms with E-state index in [1.165, 1.54) is 0 Å². The number of hydrogen-bond acceptors (Lipinski definition) is 9. The number of carbonyl (C=O) groups excluding carboxylic acids is 1.